The van der Waals surface area contributed by atoms with Gasteiger partial charge in [-0.25, -0.2) is 26.3 Å². The number of carbonyl (C=O) groups is 1. The minimum Gasteiger partial charge on any atom is -0.482 e. The van der Waals surface area contributed by atoms with Gasteiger partial charge in [-0.05, 0) is 67.0 Å². The van der Waals surface area contributed by atoms with Crippen LogP contribution in [0.1, 0.15) is 48.3 Å². The highest BCUT2D eigenvalue weighted by molar-refractivity contribution is 7.89. The molecule has 2 aromatic rings. The molecule has 230 valence electrons. The quantitative estimate of drug-likeness (QED) is 0.445. The molecule has 0 saturated carbocycles. The summed E-state index contributed by atoms with van der Waals surface area (Å²) in [5, 5.41) is 8.45. The molecule has 1 amide bonds. The summed E-state index contributed by atoms with van der Waals surface area (Å²) >= 11 is 0. The maximum absolute atomic E-state index is 14.9. The first-order valence-electron chi connectivity index (χ1n) is 13.8. The third kappa shape index (κ3) is 6.65. The van der Waals surface area contributed by atoms with Crippen LogP contribution in [0.25, 0.3) is 0 Å². The Morgan fingerprint density at radius 2 is 1.50 bits per heavy atom. The van der Waals surface area contributed by atoms with E-state index in [0.29, 0.717) is 43.6 Å². The molecule has 5 rings (SSSR count). The number of amides is 1. The van der Waals surface area contributed by atoms with E-state index >= 15 is 0 Å². The fraction of sp³-hybridized carbons (Fsp3) is 0.536. The molecule has 3 fully saturated rings. The van der Waals surface area contributed by atoms with E-state index in [9.17, 15) is 35.2 Å². The number of rotatable bonds is 7. The summed E-state index contributed by atoms with van der Waals surface area (Å²) in [4.78, 5) is 14.2. The zero-order valence-corrected chi connectivity index (χ0v) is 23.5. The van der Waals surface area contributed by atoms with Crippen LogP contribution in [0.2, 0.25) is 0 Å². The molecule has 42 heavy (non-hydrogen) atoms. The standard InChI is InChI=1S/C28H32F5N3O5S/c29-24-13-20(19-5-11-36(12-6-19)42(39,40)23-7-9-35(10-8-23)27(37)38)14-25(30)26(24)41-22-16-34(17-22)15-18-1-3-21(4-2-18)28(31,32)33/h1-4,13-14,19,22-23H,5-12,15-17H2,(H,37,38). The van der Waals surface area contributed by atoms with Gasteiger partial charge in [0.05, 0.1) is 10.8 Å². The summed E-state index contributed by atoms with van der Waals surface area (Å²) in [7, 11) is -3.61. The van der Waals surface area contributed by atoms with Crippen LogP contribution >= 0.6 is 0 Å². The van der Waals surface area contributed by atoms with Crippen LogP contribution in [-0.4, -0.2) is 84.3 Å². The van der Waals surface area contributed by atoms with Crippen LogP contribution in [0, 0.1) is 11.6 Å². The second-order valence-electron chi connectivity index (χ2n) is 11.1. The Morgan fingerprint density at radius 1 is 0.929 bits per heavy atom. The Hall–Kier alpha value is -2.97. The van der Waals surface area contributed by atoms with Crippen molar-refractivity contribution in [3.63, 3.8) is 0 Å². The third-order valence-corrected chi connectivity index (χ3v) is 10.7. The first-order chi connectivity index (χ1) is 19.8. The van der Waals surface area contributed by atoms with Crippen LogP contribution in [0.3, 0.4) is 0 Å². The van der Waals surface area contributed by atoms with Crippen LogP contribution in [-0.2, 0) is 22.7 Å². The lowest BCUT2D eigenvalue weighted by atomic mass is 9.90. The van der Waals surface area contributed by atoms with Gasteiger partial charge in [-0.1, -0.05) is 12.1 Å². The Balaban J connectivity index is 1.11. The Kier molecular flexibility index (Phi) is 8.68. The predicted molar refractivity (Wildman–Crippen MR) is 143 cm³/mol. The molecular weight excluding hydrogens is 585 g/mol. The summed E-state index contributed by atoms with van der Waals surface area (Å²) in [5.41, 5.74) is 0.392. The first kappa shape index (κ1) is 30.5. The summed E-state index contributed by atoms with van der Waals surface area (Å²) < 4.78 is 101. The van der Waals surface area contributed by atoms with Crippen molar-refractivity contribution in [2.75, 3.05) is 39.3 Å². The van der Waals surface area contributed by atoms with Crippen molar-refractivity contribution in [2.24, 2.45) is 0 Å². The monoisotopic (exact) mass is 617 g/mol. The van der Waals surface area contributed by atoms with E-state index in [0.717, 1.165) is 12.1 Å². The van der Waals surface area contributed by atoms with Crippen molar-refractivity contribution < 1.29 is 45.0 Å². The maximum Gasteiger partial charge on any atom is 0.416 e. The van der Waals surface area contributed by atoms with E-state index in [2.05, 4.69) is 0 Å². The summed E-state index contributed by atoms with van der Waals surface area (Å²) in [5.74, 6) is -2.39. The summed E-state index contributed by atoms with van der Waals surface area (Å²) in [6.45, 7) is 1.88. The second kappa shape index (κ2) is 12.0. The van der Waals surface area contributed by atoms with Crippen LogP contribution < -0.4 is 4.74 Å². The Morgan fingerprint density at radius 3 is 2.02 bits per heavy atom. The molecule has 2 aromatic carbocycles. The van der Waals surface area contributed by atoms with Gasteiger partial charge >= 0.3 is 12.3 Å². The Bertz CT molecular complexity index is 1360. The minimum atomic E-state index is -4.40. The molecule has 0 bridgehead atoms. The molecule has 0 atom stereocenters. The van der Waals surface area contributed by atoms with Crippen molar-refractivity contribution >= 4 is 16.1 Å². The van der Waals surface area contributed by atoms with E-state index in [1.165, 1.54) is 33.5 Å². The normalized spacial score (nSPS) is 20.5. The van der Waals surface area contributed by atoms with Gasteiger partial charge < -0.3 is 14.7 Å². The van der Waals surface area contributed by atoms with Gasteiger partial charge in [-0.3, -0.25) is 4.90 Å². The van der Waals surface area contributed by atoms with Crippen LogP contribution in [0.4, 0.5) is 26.7 Å². The lowest BCUT2D eigenvalue weighted by molar-refractivity contribution is -0.137. The smallest absolute Gasteiger partial charge is 0.416 e. The maximum atomic E-state index is 14.9. The van der Waals surface area contributed by atoms with Gasteiger partial charge in [0.25, 0.3) is 0 Å². The lowest BCUT2D eigenvalue weighted by Gasteiger charge is -2.39. The molecule has 0 radical (unpaired) electrons. The van der Waals surface area contributed by atoms with Crippen LogP contribution in [0.15, 0.2) is 36.4 Å². The molecule has 0 aliphatic carbocycles. The number of carboxylic acid groups (broad SMARTS) is 1. The minimum absolute atomic E-state index is 0.167. The zero-order chi connectivity index (χ0) is 30.2. The number of halogens is 5. The van der Waals surface area contributed by atoms with Gasteiger partial charge in [0.15, 0.2) is 17.4 Å². The number of likely N-dealkylation sites (tertiary alicyclic amines) is 2. The molecule has 3 aliphatic heterocycles. The molecule has 3 aliphatic rings. The molecule has 0 unspecified atom stereocenters. The van der Waals surface area contributed by atoms with E-state index < -0.39 is 56.6 Å². The van der Waals surface area contributed by atoms with E-state index in [4.69, 9.17) is 9.84 Å². The summed E-state index contributed by atoms with van der Waals surface area (Å²) in [6, 6.07) is 7.30. The van der Waals surface area contributed by atoms with Crippen molar-refractivity contribution in [3.8, 4) is 5.75 Å². The summed E-state index contributed by atoms with van der Waals surface area (Å²) in [6.07, 6.45) is -4.67. The molecule has 3 heterocycles. The second-order valence-corrected chi connectivity index (χ2v) is 13.3. The van der Waals surface area contributed by atoms with Crippen molar-refractivity contribution in [1.29, 1.82) is 0 Å². The number of hydrogen-bond donors (Lipinski definition) is 1. The topological polar surface area (TPSA) is 90.4 Å². The number of alkyl halides is 3. The fourth-order valence-corrected chi connectivity index (χ4v) is 7.83. The van der Waals surface area contributed by atoms with Crippen molar-refractivity contribution in [1.82, 2.24) is 14.1 Å². The third-order valence-electron chi connectivity index (χ3n) is 8.34. The molecule has 0 spiro atoms. The van der Waals surface area contributed by atoms with Crippen LogP contribution in [0.5, 0.6) is 5.75 Å². The van der Waals surface area contributed by atoms with Gasteiger partial charge in [0, 0.05) is 45.8 Å². The molecule has 3 saturated heterocycles. The van der Waals surface area contributed by atoms with Crippen molar-refractivity contribution in [3.05, 3.63) is 64.7 Å². The van der Waals surface area contributed by atoms with Gasteiger partial charge in [-0.2, -0.15) is 13.2 Å². The molecule has 1 N–H and O–H groups in total. The number of benzene rings is 2. The highest BCUT2D eigenvalue weighted by Crippen LogP contribution is 2.35. The van der Waals surface area contributed by atoms with E-state index in [1.807, 2.05) is 4.90 Å². The zero-order valence-electron chi connectivity index (χ0n) is 22.7. The number of ether oxygens (including phenoxy) is 1. The van der Waals surface area contributed by atoms with Gasteiger partial charge in [-0.15, -0.1) is 0 Å². The largest absolute Gasteiger partial charge is 0.482 e. The van der Waals surface area contributed by atoms with Gasteiger partial charge in [0.2, 0.25) is 10.0 Å². The SMILES string of the molecule is O=C(O)N1CCC(S(=O)(=O)N2CCC(c3cc(F)c(OC4CN(Cc5ccc(C(F)(F)F)cc5)C4)c(F)c3)CC2)CC1. The predicted octanol–water partition coefficient (Wildman–Crippen LogP) is 4.90. The number of nitrogens with zero attached hydrogens (tertiary/aromatic N) is 3. The van der Waals surface area contributed by atoms with Gasteiger partial charge in [0.1, 0.15) is 6.10 Å². The highest BCUT2D eigenvalue weighted by atomic mass is 32.2. The molecular formula is C28H32F5N3O5S. The number of sulfonamides is 1. The lowest BCUT2D eigenvalue weighted by Crippen LogP contribution is -2.53. The van der Waals surface area contributed by atoms with E-state index in [-0.39, 0.29) is 44.9 Å². The first-order valence-corrected chi connectivity index (χ1v) is 15.3. The van der Waals surface area contributed by atoms with E-state index in [1.54, 1.807) is 0 Å². The number of piperidine rings is 2. The number of hydrogen-bond acceptors (Lipinski definition) is 5. The molecule has 0 aromatic heterocycles. The average molecular weight is 618 g/mol. The average Bonchev–Trinajstić information content (AvgIpc) is 2.93. The molecule has 8 nitrogen and oxygen atoms in total. The van der Waals surface area contributed by atoms with Crippen molar-refractivity contribution in [2.45, 2.75) is 55.7 Å². The Labute approximate surface area is 240 Å². The fourth-order valence-electron chi connectivity index (χ4n) is 5.88. The molecule has 14 heteroatoms. The highest BCUT2D eigenvalue weighted by Gasteiger charge is 2.38.